The van der Waals surface area contributed by atoms with Gasteiger partial charge in [-0.1, -0.05) is 48.0 Å². The van der Waals surface area contributed by atoms with E-state index in [1.165, 1.54) is 6.20 Å². The van der Waals surface area contributed by atoms with Gasteiger partial charge in [0.15, 0.2) is 10.8 Å². The first-order chi connectivity index (χ1) is 11.2. The van der Waals surface area contributed by atoms with Gasteiger partial charge in [0.2, 0.25) is 0 Å². The fourth-order valence-corrected chi connectivity index (χ4v) is 2.14. The highest BCUT2D eigenvalue weighted by Crippen LogP contribution is 2.20. The molecule has 114 valence electrons. The maximum atomic E-state index is 12.3. The van der Waals surface area contributed by atoms with Gasteiger partial charge >= 0.3 is 5.97 Å². The van der Waals surface area contributed by atoms with E-state index in [1.807, 2.05) is 6.07 Å². The Morgan fingerprint density at radius 2 is 1.61 bits per heavy atom. The number of carbonyl (C=O) groups excluding carboxylic acids is 1. The number of esters is 1. The average molecular weight is 327 g/mol. The minimum absolute atomic E-state index is 0.0716. The number of benzene rings is 2. The summed E-state index contributed by atoms with van der Waals surface area (Å²) >= 11 is 6.03. The third-order valence-electron chi connectivity index (χ3n) is 3.10. The Balaban J connectivity index is 1.92. The lowest BCUT2D eigenvalue weighted by atomic mass is 10.2. The Labute approximate surface area is 136 Å². The van der Waals surface area contributed by atoms with Crippen LogP contribution >= 0.6 is 11.6 Å². The van der Waals surface area contributed by atoms with E-state index in [1.54, 1.807) is 54.6 Å². The van der Waals surface area contributed by atoms with Crippen LogP contribution in [0.5, 0.6) is 5.75 Å². The Bertz CT molecular complexity index is 893. The molecule has 0 aliphatic carbocycles. The van der Waals surface area contributed by atoms with Crippen molar-refractivity contribution in [3.63, 3.8) is 0 Å². The molecule has 0 atom stereocenters. The topological polar surface area (TPSA) is 61.2 Å². The van der Waals surface area contributed by atoms with Gasteiger partial charge in [-0.25, -0.2) is 4.79 Å². The molecule has 0 radical (unpaired) electrons. The van der Waals surface area contributed by atoms with E-state index in [2.05, 4.69) is 5.10 Å². The first-order valence-electron chi connectivity index (χ1n) is 6.77. The predicted octanol–water partition coefficient (Wildman–Crippen LogP) is 3.11. The maximum Gasteiger partial charge on any atom is 0.343 e. The van der Waals surface area contributed by atoms with Crippen molar-refractivity contribution in [3.8, 4) is 11.4 Å². The van der Waals surface area contributed by atoms with Crippen LogP contribution in [0.15, 0.2) is 71.7 Å². The molecule has 0 fully saturated rings. The van der Waals surface area contributed by atoms with Crippen molar-refractivity contribution in [2.75, 3.05) is 0 Å². The number of hydrogen-bond donors (Lipinski definition) is 0. The fraction of sp³-hybridized carbons (Fsp3) is 0. The summed E-state index contributed by atoms with van der Waals surface area (Å²) in [7, 11) is 0. The third kappa shape index (κ3) is 3.14. The molecule has 0 spiro atoms. The largest absolute Gasteiger partial charge is 0.419 e. The van der Waals surface area contributed by atoms with Gasteiger partial charge in [0.05, 0.1) is 17.4 Å². The molecule has 0 N–H and O–H groups in total. The molecule has 0 amide bonds. The monoisotopic (exact) mass is 326 g/mol. The first-order valence-corrected chi connectivity index (χ1v) is 7.15. The van der Waals surface area contributed by atoms with E-state index in [-0.39, 0.29) is 10.8 Å². The zero-order chi connectivity index (χ0) is 16.2. The zero-order valence-corrected chi connectivity index (χ0v) is 12.6. The predicted molar refractivity (Wildman–Crippen MR) is 86.2 cm³/mol. The Morgan fingerprint density at radius 3 is 2.26 bits per heavy atom. The number of aromatic nitrogens is 2. The zero-order valence-electron chi connectivity index (χ0n) is 11.8. The smallest absolute Gasteiger partial charge is 0.343 e. The van der Waals surface area contributed by atoms with E-state index >= 15 is 0 Å². The lowest BCUT2D eigenvalue weighted by Gasteiger charge is -2.08. The molecule has 5 nitrogen and oxygen atoms in total. The van der Waals surface area contributed by atoms with Crippen molar-refractivity contribution >= 4 is 17.6 Å². The first kappa shape index (κ1) is 15.0. The van der Waals surface area contributed by atoms with Crippen molar-refractivity contribution in [1.82, 2.24) is 9.78 Å². The van der Waals surface area contributed by atoms with E-state index in [0.29, 0.717) is 11.3 Å². The van der Waals surface area contributed by atoms with Crippen LogP contribution in [0.3, 0.4) is 0 Å². The molecule has 1 aromatic heterocycles. The van der Waals surface area contributed by atoms with Crippen LogP contribution in [-0.2, 0) is 0 Å². The summed E-state index contributed by atoms with van der Waals surface area (Å²) in [6.45, 7) is 0. The van der Waals surface area contributed by atoms with Gasteiger partial charge in [0.1, 0.15) is 0 Å². The molecule has 23 heavy (non-hydrogen) atoms. The lowest BCUT2D eigenvalue weighted by Crippen LogP contribution is -2.22. The van der Waals surface area contributed by atoms with Crippen molar-refractivity contribution in [3.05, 3.63) is 87.8 Å². The van der Waals surface area contributed by atoms with E-state index in [4.69, 9.17) is 16.3 Å². The average Bonchev–Trinajstić information content (AvgIpc) is 2.60. The number of para-hydroxylation sites is 1. The molecule has 1 heterocycles. The summed E-state index contributed by atoms with van der Waals surface area (Å²) in [6.07, 6.45) is 1.25. The molecule has 6 heteroatoms. The number of hydrogen-bond acceptors (Lipinski definition) is 4. The van der Waals surface area contributed by atoms with Crippen LogP contribution in [0, 0.1) is 0 Å². The van der Waals surface area contributed by atoms with Crippen LogP contribution in [0.1, 0.15) is 10.4 Å². The maximum absolute atomic E-state index is 12.3. The Hall–Kier alpha value is -2.92. The number of halogens is 1. The van der Waals surface area contributed by atoms with Crippen molar-refractivity contribution in [1.29, 1.82) is 0 Å². The summed E-state index contributed by atoms with van der Waals surface area (Å²) < 4.78 is 6.30. The molecule has 0 saturated carbocycles. The SMILES string of the molecule is O=C(Oc1cnn(-c2ccccc2)c(=O)c1Cl)c1ccccc1. The second kappa shape index (κ2) is 6.46. The van der Waals surface area contributed by atoms with Crippen molar-refractivity contribution in [2.24, 2.45) is 0 Å². The Kier molecular flexibility index (Phi) is 4.21. The van der Waals surface area contributed by atoms with Gasteiger partial charge in [-0.05, 0) is 24.3 Å². The summed E-state index contributed by atoms with van der Waals surface area (Å²) in [6, 6.07) is 17.2. The summed E-state index contributed by atoms with van der Waals surface area (Å²) in [5.74, 6) is -0.677. The van der Waals surface area contributed by atoms with Crippen LogP contribution in [0.25, 0.3) is 5.69 Å². The van der Waals surface area contributed by atoms with Crippen molar-refractivity contribution < 1.29 is 9.53 Å². The minimum atomic E-state index is -0.605. The minimum Gasteiger partial charge on any atom is -0.419 e. The summed E-state index contributed by atoms with van der Waals surface area (Å²) in [4.78, 5) is 24.3. The molecule has 2 aromatic carbocycles. The van der Waals surface area contributed by atoms with E-state index in [0.717, 1.165) is 4.68 Å². The molecule has 0 unspecified atom stereocenters. The number of ether oxygens (including phenoxy) is 1. The second-order valence-electron chi connectivity index (χ2n) is 4.63. The molecule has 0 aliphatic heterocycles. The van der Waals surface area contributed by atoms with Gasteiger partial charge in [-0.3, -0.25) is 4.79 Å². The van der Waals surface area contributed by atoms with E-state index in [9.17, 15) is 9.59 Å². The number of rotatable bonds is 3. The van der Waals surface area contributed by atoms with E-state index < -0.39 is 11.5 Å². The van der Waals surface area contributed by atoms with Crippen LogP contribution < -0.4 is 10.3 Å². The molecular weight excluding hydrogens is 316 g/mol. The molecular formula is C17H11ClN2O3. The molecule has 3 aromatic rings. The highest BCUT2D eigenvalue weighted by molar-refractivity contribution is 6.32. The molecule has 0 aliphatic rings. The normalized spacial score (nSPS) is 10.3. The van der Waals surface area contributed by atoms with Gasteiger partial charge in [0, 0.05) is 0 Å². The highest BCUT2D eigenvalue weighted by atomic mass is 35.5. The Morgan fingerprint density at radius 1 is 1.00 bits per heavy atom. The quantitative estimate of drug-likeness (QED) is 0.694. The molecule has 0 saturated heterocycles. The molecule has 3 rings (SSSR count). The van der Waals surface area contributed by atoms with Crippen LogP contribution in [-0.4, -0.2) is 15.7 Å². The van der Waals surface area contributed by atoms with Gasteiger partial charge in [-0.2, -0.15) is 9.78 Å². The second-order valence-corrected chi connectivity index (χ2v) is 5.01. The van der Waals surface area contributed by atoms with Crippen LogP contribution in [0.4, 0.5) is 0 Å². The fourth-order valence-electron chi connectivity index (χ4n) is 1.97. The lowest BCUT2D eigenvalue weighted by molar-refractivity contribution is 0.0733. The highest BCUT2D eigenvalue weighted by Gasteiger charge is 2.15. The van der Waals surface area contributed by atoms with Crippen molar-refractivity contribution in [2.45, 2.75) is 0 Å². The summed E-state index contributed by atoms with van der Waals surface area (Å²) in [5.41, 5.74) is 0.368. The summed E-state index contributed by atoms with van der Waals surface area (Å²) in [5, 5.41) is 3.80. The number of carbonyl (C=O) groups is 1. The third-order valence-corrected chi connectivity index (χ3v) is 3.45. The van der Waals surface area contributed by atoms with Gasteiger partial charge in [0.25, 0.3) is 5.56 Å². The van der Waals surface area contributed by atoms with Crippen LogP contribution in [0.2, 0.25) is 5.02 Å². The molecule has 0 bridgehead atoms. The standard InChI is InChI=1S/C17H11ClN2O3/c18-15-14(23-17(22)12-7-3-1-4-8-12)11-19-20(16(15)21)13-9-5-2-6-10-13/h1-11H. The van der Waals surface area contributed by atoms with Gasteiger partial charge < -0.3 is 4.74 Å². The number of nitrogens with zero attached hydrogens (tertiary/aromatic N) is 2. The van der Waals surface area contributed by atoms with Gasteiger partial charge in [-0.15, -0.1) is 0 Å².